The van der Waals surface area contributed by atoms with Crippen LogP contribution in [-0.4, -0.2) is 51.2 Å². The fourth-order valence-corrected chi connectivity index (χ4v) is 3.53. The molecule has 7 nitrogen and oxygen atoms in total. The van der Waals surface area contributed by atoms with Crippen molar-refractivity contribution in [1.29, 1.82) is 0 Å². The van der Waals surface area contributed by atoms with E-state index in [-0.39, 0.29) is 12.5 Å². The second-order valence-electron chi connectivity index (χ2n) is 5.77. The van der Waals surface area contributed by atoms with Gasteiger partial charge < -0.3 is 15.3 Å². The molecule has 122 valence electrons. The SMILES string of the molecule is Cc1nc(C)c(C(=O)NCC2(O)CCN(c3ncccn3)C2)s1. The Labute approximate surface area is 138 Å². The zero-order valence-corrected chi connectivity index (χ0v) is 13.9. The molecule has 3 heterocycles. The summed E-state index contributed by atoms with van der Waals surface area (Å²) in [5.41, 5.74) is -0.245. The maximum Gasteiger partial charge on any atom is 0.263 e. The molecule has 1 aliphatic rings. The number of thiazole rings is 1. The van der Waals surface area contributed by atoms with Crippen molar-refractivity contribution in [3.8, 4) is 0 Å². The maximum absolute atomic E-state index is 12.2. The first-order chi connectivity index (χ1) is 11.0. The number of aromatic nitrogens is 3. The Morgan fingerprint density at radius 3 is 2.83 bits per heavy atom. The number of amides is 1. The van der Waals surface area contributed by atoms with Gasteiger partial charge in [-0.1, -0.05) is 0 Å². The second kappa shape index (κ2) is 6.21. The van der Waals surface area contributed by atoms with Gasteiger partial charge in [-0.15, -0.1) is 11.3 Å². The Morgan fingerprint density at radius 1 is 1.43 bits per heavy atom. The number of anilines is 1. The Hall–Kier alpha value is -2.06. The fourth-order valence-electron chi connectivity index (χ4n) is 2.69. The number of aryl methyl sites for hydroxylation is 2. The average Bonchev–Trinajstić information content (AvgIpc) is 3.09. The summed E-state index contributed by atoms with van der Waals surface area (Å²) in [6.07, 6.45) is 3.92. The van der Waals surface area contributed by atoms with Gasteiger partial charge in [-0.3, -0.25) is 4.79 Å². The number of nitrogens with one attached hydrogen (secondary N) is 1. The van der Waals surface area contributed by atoms with Crippen LogP contribution in [0.1, 0.15) is 26.8 Å². The van der Waals surface area contributed by atoms with Gasteiger partial charge in [-0.05, 0) is 26.3 Å². The molecule has 0 aromatic carbocycles. The summed E-state index contributed by atoms with van der Waals surface area (Å²) in [6, 6.07) is 1.76. The van der Waals surface area contributed by atoms with Crippen LogP contribution in [0.3, 0.4) is 0 Å². The van der Waals surface area contributed by atoms with Crippen molar-refractivity contribution in [3.63, 3.8) is 0 Å². The van der Waals surface area contributed by atoms with Crippen LogP contribution >= 0.6 is 11.3 Å². The number of hydrogen-bond acceptors (Lipinski definition) is 7. The molecule has 2 aromatic rings. The van der Waals surface area contributed by atoms with Crippen LogP contribution in [0.25, 0.3) is 0 Å². The Balaban J connectivity index is 1.60. The van der Waals surface area contributed by atoms with Gasteiger partial charge in [0.25, 0.3) is 5.91 Å². The molecule has 0 spiro atoms. The number of rotatable bonds is 4. The molecule has 1 amide bonds. The van der Waals surface area contributed by atoms with Gasteiger partial charge in [0, 0.05) is 25.5 Å². The number of β-amino-alcohol motifs (C(OH)–C–C–N with tert-alkyl or cyclic N) is 1. The Morgan fingerprint density at radius 2 is 2.17 bits per heavy atom. The zero-order valence-electron chi connectivity index (χ0n) is 13.1. The predicted molar refractivity (Wildman–Crippen MR) is 87.7 cm³/mol. The quantitative estimate of drug-likeness (QED) is 0.865. The van der Waals surface area contributed by atoms with E-state index in [2.05, 4.69) is 20.3 Å². The lowest BCUT2D eigenvalue weighted by atomic mass is 10.0. The summed E-state index contributed by atoms with van der Waals surface area (Å²) in [4.78, 5) is 27.4. The van der Waals surface area contributed by atoms with E-state index < -0.39 is 5.60 Å². The Kier molecular flexibility index (Phi) is 4.27. The summed E-state index contributed by atoms with van der Waals surface area (Å²) in [5, 5.41) is 14.4. The molecular weight excluding hydrogens is 314 g/mol. The van der Waals surface area contributed by atoms with Crippen LogP contribution in [0.15, 0.2) is 18.5 Å². The highest BCUT2D eigenvalue weighted by molar-refractivity contribution is 7.13. The van der Waals surface area contributed by atoms with E-state index in [9.17, 15) is 9.90 Å². The molecule has 1 unspecified atom stereocenters. The van der Waals surface area contributed by atoms with Crippen molar-refractivity contribution >= 4 is 23.2 Å². The highest BCUT2D eigenvalue weighted by Crippen LogP contribution is 2.24. The average molecular weight is 333 g/mol. The summed E-state index contributed by atoms with van der Waals surface area (Å²) in [7, 11) is 0. The topological polar surface area (TPSA) is 91.2 Å². The van der Waals surface area contributed by atoms with Gasteiger partial charge in [-0.2, -0.15) is 0 Å². The van der Waals surface area contributed by atoms with Crippen molar-refractivity contribution in [2.24, 2.45) is 0 Å². The zero-order chi connectivity index (χ0) is 16.4. The third-order valence-electron chi connectivity index (χ3n) is 3.86. The number of carbonyl (C=O) groups excluding carboxylic acids is 1. The van der Waals surface area contributed by atoms with Crippen molar-refractivity contribution in [2.45, 2.75) is 25.9 Å². The largest absolute Gasteiger partial charge is 0.386 e. The molecule has 2 N–H and O–H groups in total. The first kappa shape index (κ1) is 15.8. The summed E-state index contributed by atoms with van der Waals surface area (Å²) < 4.78 is 0. The van der Waals surface area contributed by atoms with E-state index in [0.717, 1.165) is 10.7 Å². The minimum Gasteiger partial charge on any atom is -0.386 e. The van der Waals surface area contributed by atoms with Crippen LogP contribution < -0.4 is 10.2 Å². The molecular formula is C15H19N5O2S. The van der Waals surface area contributed by atoms with Crippen LogP contribution in [0.5, 0.6) is 0 Å². The highest BCUT2D eigenvalue weighted by Gasteiger charge is 2.37. The molecule has 1 aliphatic heterocycles. The van der Waals surface area contributed by atoms with E-state index in [1.165, 1.54) is 11.3 Å². The molecule has 8 heteroatoms. The van der Waals surface area contributed by atoms with Crippen LogP contribution in [0.4, 0.5) is 5.95 Å². The number of nitrogens with zero attached hydrogens (tertiary/aromatic N) is 4. The molecule has 23 heavy (non-hydrogen) atoms. The minimum absolute atomic E-state index is 0.184. The van der Waals surface area contributed by atoms with Gasteiger partial charge in [0.15, 0.2) is 0 Å². The van der Waals surface area contributed by atoms with Gasteiger partial charge in [0.1, 0.15) is 10.5 Å². The summed E-state index contributed by atoms with van der Waals surface area (Å²) in [5.74, 6) is 0.416. The van der Waals surface area contributed by atoms with E-state index in [0.29, 0.717) is 30.3 Å². The maximum atomic E-state index is 12.2. The van der Waals surface area contributed by atoms with Gasteiger partial charge in [-0.25, -0.2) is 15.0 Å². The smallest absolute Gasteiger partial charge is 0.263 e. The monoisotopic (exact) mass is 333 g/mol. The molecule has 1 saturated heterocycles. The van der Waals surface area contributed by atoms with E-state index >= 15 is 0 Å². The van der Waals surface area contributed by atoms with Crippen LogP contribution in [0, 0.1) is 13.8 Å². The molecule has 0 aliphatic carbocycles. The number of hydrogen-bond donors (Lipinski definition) is 2. The van der Waals surface area contributed by atoms with Crippen molar-refractivity contribution in [3.05, 3.63) is 34.0 Å². The van der Waals surface area contributed by atoms with Gasteiger partial charge >= 0.3 is 0 Å². The molecule has 1 atom stereocenters. The van der Waals surface area contributed by atoms with Crippen molar-refractivity contribution < 1.29 is 9.90 Å². The third-order valence-corrected chi connectivity index (χ3v) is 4.93. The predicted octanol–water partition coefficient (Wildman–Crippen LogP) is 0.921. The molecule has 2 aromatic heterocycles. The number of aliphatic hydroxyl groups is 1. The lowest BCUT2D eigenvalue weighted by Crippen LogP contribution is -2.45. The molecule has 3 rings (SSSR count). The fraction of sp³-hybridized carbons (Fsp3) is 0.467. The standard InChI is InChI=1S/C15H19N5O2S/c1-10-12(23-11(2)19-10)13(21)18-8-15(22)4-7-20(9-15)14-16-5-3-6-17-14/h3,5-6,22H,4,7-9H2,1-2H3,(H,18,21). The van der Waals surface area contributed by atoms with E-state index in [4.69, 9.17) is 0 Å². The van der Waals surface area contributed by atoms with Gasteiger partial charge in [0.2, 0.25) is 5.95 Å². The van der Waals surface area contributed by atoms with E-state index in [1.807, 2.05) is 18.7 Å². The Bertz CT molecular complexity index is 705. The van der Waals surface area contributed by atoms with Crippen molar-refractivity contribution in [2.75, 3.05) is 24.5 Å². The highest BCUT2D eigenvalue weighted by atomic mass is 32.1. The molecule has 1 fully saturated rings. The van der Waals surface area contributed by atoms with Crippen LogP contribution in [-0.2, 0) is 0 Å². The molecule has 0 radical (unpaired) electrons. The van der Waals surface area contributed by atoms with Crippen molar-refractivity contribution in [1.82, 2.24) is 20.3 Å². The third kappa shape index (κ3) is 3.48. The minimum atomic E-state index is -0.970. The second-order valence-corrected chi connectivity index (χ2v) is 6.98. The lowest BCUT2D eigenvalue weighted by molar-refractivity contribution is 0.0576. The van der Waals surface area contributed by atoms with Crippen LogP contribution in [0.2, 0.25) is 0 Å². The summed E-state index contributed by atoms with van der Waals surface area (Å²) >= 11 is 1.37. The van der Waals surface area contributed by atoms with E-state index in [1.54, 1.807) is 18.5 Å². The normalized spacial score (nSPS) is 20.7. The summed E-state index contributed by atoms with van der Waals surface area (Å²) in [6.45, 7) is 4.95. The number of carbonyl (C=O) groups is 1. The first-order valence-electron chi connectivity index (χ1n) is 7.43. The molecule has 0 saturated carbocycles. The lowest BCUT2D eigenvalue weighted by Gasteiger charge is -2.23. The van der Waals surface area contributed by atoms with Gasteiger partial charge in [0.05, 0.1) is 17.2 Å². The first-order valence-corrected chi connectivity index (χ1v) is 8.25. The molecule has 0 bridgehead atoms.